The van der Waals surface area contributed by atoms with Gasteiger partial charge in [-0.25, -0.2) is 0 Å². The molecule has 120 valence electrons. The van der Waals surface area contributed by atoms with Gasteiger partial charge in [0.15, 0.2) is 0 Å². The predicted octanol–water partition coefficient (Wildman–Crippen LogP) is 3.51. The molecule has 0 amide bonds. The molecule has 1 saturated heterocycles. The van der Waals surface area contributed by atoms with E-state index in [0.717, 1.165) is 31.0 Å². The normalized spacial score (nSPS) is 32.5. The Morgan fingerprint density at radius 3 is 2.24 bits per heavy atom. The first-order valence-electron chi connectivity index (χ1n) is 8.89. The smallest absolute Gasteiger partial charge is 0.0638 e. The van der Waals surface area contributed by atoms with Gasteiger partial charge in [-0.2, -0.15) is 5.26 Å². The Bertz CT molecular complexity index is 350. The lowest BCUT2D eigenvalue weighted by molar-refractivity contribution is 0.00980. The van der Waals surface area contributed by atoms with E-state index in [2.05, 4.69) is 43.6 Å². The van der Waals surface area contributed by atoms with Crippen molar-refractivity contribution in [3.8, 4) is 6.07 Å². The summed E-state index contributed by atoms with van der Waals surface area (Å²) in [4.78, 5) is 5.22. The maximum absolute atomic E-state index is 9.18. The minimum atomic E-state index is 0.451. The van der Waals surface area contributed by atoms with Crippen molar-refractivity contribution >= 4 is 0 Å². The highest BCUT2D eigenvalue weighted by Gasteiger charge is 2.34. The highest BCUT2D eigenvalue weighted by molar-refractivity contribution is 4.94. The van der Waals surface area contributed by atoms with Gasteiger partial charge in [-0.15, -0.1) is 0 Å². The fraction of sp³-hybridized carbons (Fsp3) is 0.944. The van der Waals surface area contributed by atoms with Crippen molar-refractivity contribution in [2.75, 3.05) is 19.6 Å². The topological polar surface area (TPSA) is 30.3 Å². The zero-order valence-corrected chi connectivity index (χ0v) is 14.4. The summed E-state index contributed by atoms with van der Waals surface area (Å²) >= 11 is 0. The molecule has 0 N–H and O–H groups in total. The molecule has 0 radical (unpaired) electrons. The third kappa shape index (κ3) is 4.20. The van der Waals surface area contributed by atoms with Gasteiger partial charge in [-0.05, 0) is 51.4 Å². The van der Waals surface area contributed by atoms with Crippen molar-refractivity contribution < 1.29 is 0 Å². The van der Waals surface area contributed by atoms with Crippen LogP contribution >= 0.6 is 0 Å². The van der Waals surface area contributed by atoms with Crippen molar-refractivity contribution in [2.45, 2.75) is 77.9 Å². The Labute approximate surface area is 131 Å². The van der Waals surface area contributed by atoms with E-state index in [1.807, 2.05) is 0 Å². The molecule has 1 saturated carbocycles. The average Bonchev–Trinajstić information content (AvgIpc) is 2.47. The third-order valence-electron chi connectivity index (χ3n) is 5.77. The van der Waals surface area contributed by atoms with Gasteiger partial charge in [0.25, 0.3) is 0 Å². The van der Waals surface area contributed by atoms with Gasteiger partial charge in [-0.1, -0.05) is 13.8 Å². The monoisotopic (exact) mass is 291 g/mol. The molecule has 2 aliphatic rings. The summed E-state index contributed by atoms with van der Waals surface area (Å²) in [5.74, 6) is 1.76. The van der Waals surface area contributed by atoms with Gasteiger partial charge in [0.2, 0.25) is 0 Å². The van der Waals surface area contributed by atoms with Gasteiger partial charge in [0.1, 0.15) is 0 Å². The van der Waals surface area contributed by atoms with Gasteiger partial charge >= 0.3 is 0 Å². The third-order valence-corrected chi connectivity index (χ3v) is 5.77. The van der Waals surface area contributed by atoms with Crippen molar-refractivity contribution in [1.29, 1.82) is 5.26 Å². The Hall–Kier alpha value is -0.590. The fourth-order valence-electron chi connectivity index (χ4n) is 4.23. The molecule has 0 aromatic carbocycles. The van der Waals surface area contributed by atoms with E-state index < -0.39 is 0 Å². The zero-order valence-electron chi connectivity index (χ0n) is 14.4. The number of piperazine rings is 1. The predicted molar refractivity (Wildman–Crippen MR) is 88.0 cm³/mol. The summed E-state index contributed by atoms with van der Waals surface area (Å²) in [6, 6.07) is 4.21. The Kier molecular flexibility index (Phi) is 6.08. The molecule has 1 heterocycles. The van der Waals surface area contributed by atoms with E-state index in [-0.39, 0.29) is 0 Å². The van der Waals surface area contributed by atoms with Crippen molar-refractivity contribution in [1.82, 2.24) is 9.80 Å². The van der Waals surface area contributed by atoms with Crippen LogP contribution in [0.3, 0.4) is 0 Å². The van der Waals surface area contributed by atoms with E-state index in [4.69, 9.17) is 0 Å². The van der Waals surface area contributed by atoms with Gasteiger partial charge in [0.05, 0.1) is 12.5 Å². The van der Waals surface area contributed by atoms with E-state index in [9.17, 15) is 5.26 Å². The van der Waals surface area contributed by atoms with E-state index >= 15 is 0 Å². The standard InChI is InChI=1S/C18H33N3/c1-14(2)16-5-7-17(8-6-16)21-12-11-20(15(3)4)13-18(21)9-10-19/h14-18H,5-9,11-13H2,1-4H3/t16?,17?,18-/m1/s1. The fourth-order valence-corrected chi connectivity index (χ4v) is 4.23. The van der Waals surface area contributed by atoms with Crippen molar-refractivity contribution in [3.63, 3.8) is 0 Å². The minimum absolute atomic E-state index is 0.451. The van der Waals surface area contributed by atoms with Crippen LogP contribution in [-0.4, -0.2) is 47.6 Å². The average molecular weight is 291 g/mol. The lowest BCUT2D eigenvalue weighted by Crippen LogP contribution is -2.58. The summed E-state index contributed by atoms with van der Waals surface area (Å²) in [5, 5.41) is 9.18. The summed E-state index contributed by atoms with van der Waals surface area (Å²) in [5.41, 5.74) is 0. The lowest BCUT2D eigenvalue weighted by atomic mass is 9.78. The van der Waals surface area contributed by atoms with Crippen molar-refractivity contribution in [2.24, 2.45) is 11.8 Å². The number of rotatable bonds is 4. The van der Waals surface area contributed by atoms with Crippen LogP contribution in [0.5, 0.6) is 0 Å². The number of nitriles is 1. The first-order chi connectivity index (χ1) is 10.0. The molecule has 1 aliphatic heterocycles. The van der Waals surface area contributed by atoms with E-state index in [1.165, 1.54) is 32.2 Å². The van der Waals surface area contributed by atoms with Crippen LogP contribution in [0.15, 0.2) is 0 Å². The summed E-state index contributed by atoms with van der Waals surface area (Å²) in [6.07, 6.45) is 6.13. The molecule has 0 bridgehead atoms. The molecule has 0 unspecified atom stereocenters. The Morgan fingerprint density at radius 1 is 1.05 bits per heavy atom. The highest BCUT2D eigenvalue weighted by atomic mass is 15.3. The molecule has 0 aromatic heterocycles. The maximum atomic E-state index is 9.18. The van der Waals surface area contributed by atoms with Gasteiger partial charge in [0, 0.05) is 37.8 Å². The van der Waals surface area contributed by atoms with Crippen LogP contribution in [-0.2, 0) is 0 Å². The molecule has 1 atom stereocenters. The molecule has 2 fully saturated rings. The van der Waals surface area contributed by atoms with E-state index in [0.29, 0.717) is 18.5 Å². The minimum Gasteiger partial charge on any atom is -0.298 e. The first-order valence-corrected chi connectivity index (χ1v) is 8.89. The van der Waals surface area contributed by atoms with Crippen molar-refractivity contribution in [3.05, 3.63) is 0 Å². The number of hydrogen-bond acceptors (Lipinski definition) is 3. The lowest BCUT2D eigenvalue weighted by Gasteiger charge is -2.47. The van der Waals surface area contributed by atoms with Crippen LogP contribution in [0.2, 0.25) is 0 Å². The Morgan fingerprint density at radius 2 is 1.71 bits per heavy atom. The molecule has 3 heteroatoms. The van der Waals surface area contributed by atoms with Gasteiger partial charge in [-0.3, -0.25) is 9.80 Å². The molecular weight excluding hydrogens is 258 g/mol. The van der Waals surface area contributed by atoms with Crippen LogP contribution in [0.1, 0.15) is 59.8 Å². The van der Waals surface area contributed by atoms with Gasteiger partial charge < -0.3 is 0 Å². The molecule has 3 nitrogen and oxygen atoms in total. The Balaban J connectivity index is 1.94. The SMILES string of the molecule is CC(C)C1CCC(N2CCN(C(C)C)C[C@H]2CC#N)CC1. The number of hydrogen-bond donors (Lipinski definition) is 0. The van der Waals surface area contributed by atoms with Crippen LogP contribution in [0, 0.1) is 23.2 Å². The zero-order chi connectivity index (χ0) is 15.4. The quantitative estimate of drug-likeness (QED) is 0.794. The second-order valence-electron chi connectivity index (χ2n) is 7.66. The first kappa shape index (κ1) is 16.8. The van der Waals surface area contributed by atoms with Crippen LogP contribution in [0.4, 0.5) is 0 Å². The summed E-state index contributed by atoms with van der Waals surface area (Å²) in [6.45, 7) is 12.7. The number of nitrogens with zero attached hydrogens (tertiary/aromatic N) is 3. The molecule has 1 aliphatic carbocycles. The summed E-state index contributed by atoms with van der Waals surface area (Å²) < 4.78 is 0. The molecule has 21 heavy (non-hydrogen) atoms. The highest BCUT2D eigenvalue weighted by Crippen LogP contribution is 2.34. The largest absolute Gasteiger partial charge is 0.298 e. The van der Waals surface area contributed by atoms with Crippen LogP contribution in [0.25, 0.3) is 0 Å². The maximum Gasteiger partial charge on any atom is 0.0638 e. The molecule has 0 aromatic rings. The molecular formula is C18H33N3. The molecule has 0 spiro atoms. The second kappa shape index (κ2) is 7.61. The van der Waals surface area contributed by atoms with E-state index in [1.54, 1.807) is 0 Å². The molecule has 2 rings (SSSR count). The summed E-state index contributed by atoms with van der Waals surface area (Å²) in [7, 11) is 0. The van der Waals surface area contributed by atoms with Crippen LogP contribution < -0.4 is 0 Å². The second-order valence-corrected chi connectivity index (χ2v) is 7.66.